The predicted octanol–water partition coefficient (Wildman–Crippen LogP) is 4.18. The van der Waals surface area contributed by atoms with Crippen LogP contribution in [0.5, 0.6) is 5.75 Å². The van der Waals surface area contributed by atoms with Gasteiger partial charge in [0.15, 0.2) is 0 Å². The highest BCUT2D eigenvalue weighted by molar-refractivity contribution is 6.46. The zero-order chi connectivity index (χ0) is 22.4. The van der Waals surface area contributed by atoms with Gasteiger partial charge >= 0.3 is 0 Å². The van der Waals surface area contributed by atoms with Crippen molar-refractivity contribution in [3.8, 4) is 5.75 Å². The molecule has 1 amide bonds. The van der Waals surface area contributed by atoms with E-state index in [2.05, 4.69) is 13.8 Å². The van der Waals surface area contributed by atoms with Gasteiger partial charge in [-0.2, -0.15) is 0 Å². The van der Waals surface area contributed by atoms with Crippen molar-refractivity contribution in [3.05, 3.63) is 71.3 Å². The van der Waals surface area contributed by atoms with Crippen molar-refractivity contribution >= 4 is 17.4 Å². The molecule has 0 aliphatic carbocycles. The summed E-state index contributed by atoms with van der Waals surface area (Å²) < 4.78 is 10.8. The molecule has 2 aromatic rings. The van der Waals surface area contributed by atoms with E-state index in [-0.39, 0.29) is 11.3 Å². The van der Waals surface area contributed by atoms with Gasteiger partial charge in [-0.05, 0) is 42.2 Å². The van der Waals surface area contributed by atoms with Crippen molar-refractivity contribution in [2.45, 2.75) is 26.3 Å². The number of hydrogen-bond acceptors (Lipinski definition) is 5. The first-order chi connectivity index (χ1) is 14.9. The summed E-state index contributed by atoms with van der Waals surface area (Å²) in [5.41, 5.74) is 1.34. The van der Waals surface area contributed by atoms with Crippen LogP contribution in [0, 0.1) is 5.92 Å². The molecule has 1 unspecified atom stereocenters. The van der Waals surface area contributed by atoms with Gasteiger partial charge in [0.1, 0.15) is 11.5 Å². The molecule has 1 heterocycles. The number of amides is 1. The van der Waals surface area contributed by atoms with Crippen molar-refractivity contribution < 1.29 is 24.2 Å². The minimum absolute atomic E-state index is 0.101. The molecule has 0 radical (unpaired) electrons. The summed E-state index contributed by atoms with van der Waals surface area (Å²) in [5.74, 6) is -0.387. The third kappa shape index (κ3) is 5.14. The van der Waals surface area contributed by atoms with Crippen LogP contribution in [0.25, 0.3) is 5.76 Å². The van der Waals surface area contributed by atoms with Crippen LogP contribution in [0.15, 0.2) is 60.2 Å². The number of carbonyl (C=O) groups excluding carboxylic acids is 2. The molecule has 164 valence electrons. The van der Waals surface area contributed by atoms with Gasteiger partial charge < -0.3 is 19.5 Å². The Morgan fingerprint density at radius 1 is 1.06 bits per heavy atom. The number of nitrogens with zero attached hydrogens (tertiary/aromatic N) is 1. The molecular weight excluding hydrogens is 394 g/mol. The van der Waals surface area contributed by atoms with E-state index in [0.29, 0.717) is 43.4 Å². The van der Waals surface area contributed by atoms with E-state index in [1.165, 1.54) is 4.90 Å². The molecule has 31 heavy (non-hydrogen) atoms. The Bertz CT molecular complexity index is 934. The molecule has 6 nitrogen and oxygen atoms in total. The number of aliphatic hydroxyl groups is 1. The van der Waals surface area contributed by atoms with Crippen LogP contribution in [0.2, 0.25) is 0 Å². The molecule has 1 aliphatic rings. The Morgan fingerprint density at radius 3 is 2.35 bits per heavy atom. The maximum absolute atomic E-state index is 12.9. The van der Waals surface area contributed by atoms with Crippen LogP contribution in [-0.4, -0.2) is 48.6 Å². The number of Topliss-reactive ketones (excluding diaryl/α,β-unsaturated/α-hetero) is 1. The quantitative estimate of drug-likeness (QED) is 0.283. The molecule has 1 atom stereocenters. The average Bonchev–Trinajstić information content (AvgIpc) is 3.03. The van der Waals surface area contributed by atoms with Gasteiger partial charge in [-0.25, -0.2) is 0 Å². The predicted molar refractivity (Wildman–Crippen MR) is 119 cm³/mol. The van der Waals surface area contributed by atoms with Crippen LogP contribution in [-0.2, 0) is 14.3 Å². The van der Waals surface area contributed by atoms with Crippen molar-refractivity contribution in [1.29, 1.82) is 0 Å². The highest BCUT2D eigenvalue weighted by Crippen LogP contribution is 2.39. The number of aliphatic hydroxyl groups excluding tert-OH is 1. The van der Waals surface area contributed by atoms with Gasteiger partial charge in [-0.15, -0.1) is 0 Å². The van der Waals surface area contributed by atoms with E-state index in [9.17, 15) is 14.7 Å². The Hall–Kier alpha value is -3.12. The number of hydrogen-bond donors (Lipinski definition) is 1. The molecule has 0 bridgehead atoms. The molecule has 0 saturated carbocycles. The topological polar surface area (TPSA) is 76.1 Å². The fourth-order valence-corrected chi connectivity index (χ4v) is 3.60. The van der Waals surface area contributed by atoms with Gasteiger partial charge in [0.2, 0.25) is 0 Å². The summed E-state index contributed by atoms with van der Waals surface area (Å²) in [6.45, 7) is 5.55. The molecule has 6 heteroatoms. The van der Waals surface area contributed by atoms with Crippen molar-refractivity contribution in [3.63, 3.8) is 0 Å². The van der Waals surface area contributed by atoms with E-state index in [1.807, 2.05) is 30.3 Å². The number of benzene rings is 2. The molecule has 0 spiro atoms. The first kappa shape index (κ1) is 22.6. The third-order valence-electron chi connectivity index (χ3n) is 5.11. The zero-order valence-corrected chi connectivity index (χ0v) is 18.2. The number of carbonyl (C=O) groups is 2. The van der Waals surface area contributed by atoms with Crippen molar-refractivity contribution in [2.75, 3.05) is 26.9 Å². The third-order valence-corrected chi connectivity index (χ3v) is 5.11. The summed E-state index contributed by atoms with van der Waals surface area (Å²) in [6, 6.07) is 15.6. The second-order valence-electron chi connectivity index (χ2n) is 7.98. The van der Waals surface area contributed by atoms with Gasteiger partial charge in [0, 0.05) is 25.8 Å². The Labute approximate surface area is 183 Å². The monoisotopic (exact) mass is 423 g/mol. The molecule has 1 saturated heterocycles. The van der Waals surface area contributed by atoms with Gasteiger partial charge in [0.05, 0.1) is 18.2 Å². The van der Waals surface area contributed by atoms with Gasteiger partial charge in [0.25, 0.3) is 11.7 Å². The molecule has 2 aromatic carbocycles. The van der Waals surface area contributed by atoms with Crippen LogP contribution >= 0.6 is 0 Å². The Balaban J connectivity index is 1.98. The van der Waals surface area contributed by atoms with E-state index in [0.717, 1.165) is 5.56 Å². The van der Waals surface area contributed by atoms with Crippen LogP contribution < -0.4 is 4.74 Å². The van der Waals surface area contributed by atoms with E-state index < -0.39 is 17.7 Å². The lowest BCUT2D eigenvalue weighted by Crippen LogP contribution is -2.31. The number of ketones is 1. The summed E-state index contributed by atoms with van der Waals surface area (Å²) in [6.07, 6.45) is 0.592. The number of methoxy groups -OCH3 is 1. The summed E-state index contributed by atoms with van der Waals surface area (Å²) in [4.78, 5) is 27.2. The van der Waals surface area contributed by atoms with Crippen LogP contribution in [0.3, 0.4) is 0 Å². The summed E-state index contributed by atoms with van der Waals surface area (Å²) in [5, 5.41) is 11.1. The fourth-order valence-electron chi connectivity index (χ4n) is 3.60. The van der Waals surface area contributed by atoms with E-state index in [4.69, 9.17) is 9.47 Å². The zero-order valence-electron chi connectivity index (χ0n) is 18.2. The van der Waals surface area contributed by atoms with Gasteiger partial charge in [-0.3, -0.25) is 9.59 Å². The minimum Gasteiger partial charge on any atom is -0.507 e. The smallest absolute Gasteiger partial charge is 0.295 e. The van der Waals surface area contributed by atoms with Gasteiger partial charge in [-0.1, -0.05) is 44.2 Å². The lowest BCUT2D eigenvalue weighted by atomic mass is 9.95. The summed E-state index contributed by atoms with van der Waals surface area (Å²) >= 11 is 0. The summed E-state index contributed by atoms with van der Waals surface area (Å²) in [7, 11) is 1.59. The lowest BCUT2D eigenvalue weighted by molar-refractivity contribution is -0.140. The minimum atomic E-state index is -0.677. The normalized spacial score (nSPS) is 18.1. The average molecular weight is 424 g/mol. The first-order valence-corrected chi connectivity index (χ1v) is 10.5. The Kier molecular flexibility index (Phi) is 7.47. The molecule has 0 aromatic heterocycles. The maximum atomic E-state index is 12.9. The largest absolute Gasteiger partial charge is 0.507 e. The number of ether oxygens (including phenoxy) is 2. The standard InChI is InChI=1S/C25H29NO5/c1-17(2)16-31-20-12-10-19(11-13-20)23(27)21-22(18-8-5-4-6-9-18)26(14-7-15-30-3)25(29)24(21)28/h4-6,8-13,17,22,27H,7,14-16H2,1-3H3. The Morgan fingerprint density at radius 2 is 1.74 bits per heavy atom. The highest BCUT2D eigenvalue weighted by atomic mass is 16.5. The SMILES string of the molecule is COCCCN1C(=O)C(=O)C(=C(O)c2ccc(OCC(C)C)cc2)C1c1ccccc1. The second-order valence-corrected chi connectivity index (χ2v) is 7.98. The molecular formula is C25H29NO5. The molecule has 1 N–H and O–H groups in total. The van der Waals surface area contributed by atoms with Crippen LogP contribution in [0.1, 0.15) is 37.4 Å². The van der Waals surface area contributed by atoms with E-state index >= 15 is 0 Å². The molecule has 3 rings (SSSR count). The molecule has 1 fully saturated rings. The lowest BCUT2D eigenvalue weighted by Gasteiger charge is -2.25. The van der Waals surface area contributed by atoms with Crippen molar-refractivity contribution in [2.24, 2.45) is 5.92 Å². The van der Waals surface area contributed by atoms with Crippen molar-refractivity contribution in [1.82, 2.24) is 4.90 Å². The number of likely N-dealkylation sites (tertiary alicyclic amines) is 1. The van der Waals surface area contributed by atoms with E-state index in [1.54, 1.807) is 31.4 Å². The molecule has 1 aliphatic heterocycles. The number of rotatable bonds is 9. The first-order valence-electron chi connectivity index (χ1n) is 10.5. The maximum Gasteiger partial charge on any atom is 0.295 e. The highest BCUT2D eigenvalue weighted by Gasteiger charge is 2.45. The second kappa shape index (κ2) is 10.3. The van der Waals surface area contributed by atoms with Crippen LogP contribution in [0.4, 0.5) is 0 Å². The fraction of sp³-hybridized carbons (Fsp3) is 0.360.